The third-order valence-corrected chi connectivity index (χ3v) is 4.94. The average molecular weight is 418 g/mol. The Morgan fingerprint density at radius 3 is 2.23 bits per heavy atom. The van der Waals surface area contributed by atoms with E-state index >= 15 is 0 Å². The Balaban J connectivity index is 1.74. The second-order valence-electron chi connectivity index (χ2n) is 7.49. The van der Waals surface area contributed by atoms with E-state index in [1.807, 2.05) is 18.2 Å². The highest BCUT2D eigenvalue weighted by molar-refractivity contribution is 5.80. The van der Waals surface area contributed by atoms with Crippen LogP contribution in [0.25, 0.3) is 0 Å². The molecule has 0 saturated carbocycles. The van der Waals surface area contributed by atoms with E-state index in [1.165, 1.54) is 5.56 Å². The van der Waals surface area contributed by atoms with Gasteiger partial charge in [0, 0.05) is 19.6 Å². The smallest absolute Gasteiger partial charge is 0.250 e. The van der Waals surface area contributed by atoms with Gasteiger partial charge in [0.1, 0.15) is 0 Å². The van der Waals surface area contributed by atoms with Gasteiger partial charge in [-0.2, -0.15) is 20.1 Å². The lowest BCUT2D eigenvalue weighted by Gasteiger charge is -2.19. The van der Waals surface area contributed by atoms with Gasteiger partial charge in [0.2, 0.25) is 17.8 Å². The van der Waals surface area contributed by atoms with Crippen LogP contribution in [0.15, 0.2) is 59.7 Å². The van der Waals surface area contributed by atoms with Crippen LogP contribution in [0.2, 0.25) is 0 Å². The largest absolute Gasteiger partial charge is 0.350 e. The van der Waals surface area contributed by atoms with Crippen LogP contribution in [0.1, 0.15) is 50.3 Å². The minimum absolute atomic E-state index is 0.405. The minimum Gasteiger partial charge on any atom is -0.350 e. The number of rotatable bonds is 10. The van der Waals surface area contributed by atoms with Crippen molar-refractivity contribution in [2.45, 2.75) is 40.2 Å². The third kappa shape index (κ3) is 6.50. The van der Waals surface area contributed by atoms with Crippen molar-refractivity contribution in [2.75, 3.05) is 28.7 Å². The Morgan fingerprint density at radius 1 is 0.903 bits per heavy atom. The number of hydrogen-bond acceptors (Lipinski definition) is 7. The maximum absolute atomic E-state index is 4.58. The fraction of sp³-hybridized carbons (Fsp3) is 0.333. The zero-order valence-corrected chi connectivity index (χ0v) is 18.7. The van der Waals surface area contributed by atoms with Gasteiger partial charge in [-0.1, -0.05) is 68.4 Å². The lowest BCUT2D eigenvalue weighted by atomic mass is 10.0. The van der Waals surface area contributed by atoms with Gasteiger partial charge in [0.25, 0.3) is 0 Å². The van der Waals surface area contributed by atoms with E-state index in [0.717, 1.165) is 24.2 Å². The number of nitrogens with one attached hydrogen (secondary N) is 2. The number of hydrogen-bond donors (Lipinski definition) is 2. The summed E-state index contributed by atoms with van der Waals surface area (Å²) in [5.74, 6) is 2.05. The third-order valence-electron chi connectivity index (χ3n) is 4.94. The molecule has 2 N–H and O–H groups in total. The molecule has 3 aromatic rings. The summed E-state index contributed by atoms with van der Waals surface area (Å²) >= 11 is 0. The molecule has 0 fully saturated rings. The van der Waals surface area contributed by atoms with Crippen molar-refractivity contribution in [3.8, 4) is 0 Å². The first kappa shape index (κ1) is 22.2. The second kappa shape index (κ2) is 11.1. The van der Waals surface area contributed by atoms with Gasteiger partial charge in [-0.05, 0) is 36.5 Å². The van der Waals surface area contributed by atoms with Crippen molar-refractivity contribution in [1.82, 2.24) is 15.0 Å². The minimum atomic E-state index is 0.405. The van der Waals surface area contributed by atoms with Crippen molar-refractivity contribution in [1.29, 1.82) is 0 Å². The van der Waals surface area contributed by atoms with Crippen LogP contribution in [0.5, 0.6) is 0 Å². The molecule has 0 radical (unpaired) electrons. The zero-order valence-electron chi connectivity index (χ0n) is 18.7. The van der Waals surface area contributed by atoms with Crippen molar-refractivity contribution < 1.29 is 0 Å². The van der Waals surface area contributed by atoms with Crippen LogP contribution in [-0.4, -0.2) is 34.3 Å². The number of nitrogens with zero attached hydrogens (tertiary/aromatic N) is 5. The number of benzene rings is 2. The van der Waals surface area contributed by atoms with E-state index < -0.39 is 0 Å². The summed E-state index contributed by atoms with van der Waals surface area (Å²) in [4.78, 5) is 15.7. The molecule has 1 heterocycles. The Bertz CT molecular complexity index is 965. The summed E-state index contributed by atoms with van der Waals surface area (Å²) < 4.78 is 0. The van der Waals surface area contributed by atoms with Gasteiger partial charge in [0.15, 0.2) is 0 Å². The standard InChI is InChI=1S/C24H31N7/c1-5-31(6-2)24-28-22(25-16-19-10-8-7-9-11-19)27-23(29-24)30-26-17-20-12-14-21(15-13-20)18(3)4/h7-15,17-18H,5-6,16H2,1-4H3,(H2,25,27,28,29,30). The summed E-state index contributed by atoms with van der Waals surface area (Å²) in [6.45, 7) is 10.8. The van der Waals surface area contributed by atoms with Gasteiger partial charge in [-0.15, -0.1) is 0 Å². The van der Waals surface area contributed by atoms with Crippen LogP contribution in [-0.2, 0) is 6.54 Å². The first-order chi connectivity index (χ1) is 15.1. The second-order valence-corrected chi connectivity index (χ2v) is 7.49. The van der Waals surface area contributed by atoms with Crippen LogP contribution >= 0.6 is 0 Å². The Morgan fingerprint density at radius 2 is 1.58 bits per heavy atom. The zero-order chi connectivity index (χ0) is 22.1. The highest BCUT2D eigenvalue weighted by Crippen LogP contribution is 2.16. The van der Waals surface area contributed by atoms with Crippen molar-refractivity contribution in [3.63, 3.8) is 0 Å². The Kier molecular flexibility index (Phi) is 7.92. The number of hydrazone groups is 1. The lowest BCUT2D eigenvalue weighted by Crippen LogP contribution is -2.25. The molecule has 31 heavy (non-hydrogen) atoms. The van der Waals surface area contributed by atoms with E-state index in [1.54, 1.807) is 6.21 Å². The fourth-order valence-electron chi connectivity index (χ4n) is 3.05. The first-order valence-corrected chi connectivity index (χ1v) is 10.8. The number of anilines is 3. The molecule has 0 bridgehead atoms. The fourth-order valence-corrected chi connectivity index (χ4v) is 3.05. The van der Waals surface area contributed by atoms with Crippen molar-refractivity contribution >= 4 is 24.1 Å². The van der Waals surface area contributed by atoms with Gasteiger partial charge < -0.3 is 10.2 Å². The molecule has 1 aromatic heterocycles. The first-order valence-electron chi connectivity index (χ1n) is 10.8. The average Bonchev–Trinajstić information content (AvgIpc) is 2.79. The molecule has 0 saturated heterocycles. The number of aromatic nitrogens is 3. The highest BCUT2D eigenvalue weighted by Gasteiger charge is 2.11. The summed E-state index contributed by atoms with van der Waals surface area (Å²) in [5.41, 5.74) is 6.43. The predicted octanol–water partition coefficient (Wildman–Crippen LogP) is 4.90. The SMILES string of the molecule is CCN(CC)c1nc(NCc2ccccc2)nc(NN=Cc2ccc(C(C)C)cc2)n1. The van der Waals surface area contributed by atoms with Crippen molar-refractivity contribution in [3.05, 3.63) is 71.3 Å². The summed E-state index contributed by atoms with van der Waals surface area (Å²) in [6.07, 6.45) is 1.77. The normalized spacial score (nSPS) is 11.1. The highest BCUT2D eigenvalue weighted by atomic mass is 15.4. The molecule has 3 rings (SSSR count). The molecule has 0 aliphatic carbocycles. The molecule has 0 aliphatic heterocycles. The molecule has 0 unspecified atom stereocenters. The molecule has 0 atom stereocenters. The lowest BCUT2D eigenvalue weighted by molar-refractivity contribution is 0.812. The maximum atomic E-state index is 4.58. The van der Waals surface area contributed by atoms with E-state index in [4.69, 9.17) is 0 Å². The van der Waals surface area contributed by atoms with Crippen LogP contribution in [0.3, 0.4) is 0 Å². The van der Waals surface area contributed by atoms with Gasteiger partial charge in [0.05, 0.1) is 6.21 Å². The van der Waals surface area contributed by atoms with Gasteiger partial charge >= 0.3 is 0 Å². The molecule has 7 heteroatoms. The quantitative estimate of drug-likeness (QED) is 0.361. The monoisotopic (exact) mass is 417 g/mol. The maximum Gasteiger partial charge on any atom is 0.250 e. The van der Waals surface area contributed by atoms with E-state index in [2.05, 4.69) is 99.8 Å². The summed E-state index contributed by atoms with van der Waals surface area (Å²) in [7, 11) is 0. The molecule has 0 spiro atoms. The molecule has 7 nitrogen and oxygen atoms in total. The molecule has 162 valence electrons. The van der Waals surface area contributed by atoms with E-state index in [-0.39, 0.29) is 0 Å². The Labute approximate surface area is 184 Å². The topological polar surface area (TPSA) is 78.3 Å². The van der Waals surface area contributed by atoms with Crippen LogP contribution in [0, 0.1) is 0 Å². The Hall–Kier alpha value is -3.48. The summed E-state index contributed by atoms with van der Waals surface area (Å²) in [6, 6.07) is 18.5. The predicted molar refractivity (Wildman–Crippen MR) is 129 cm³/mol. The van der Waals surface area contributed by atoms with Gasteiger partial charge in [-0.3, -0.25) is 0 Å². The molecule has 0 aliphatic rings. The van der Waals surface area contributed by atoms with Crippen LogP contribution < -0.4 is 15.6 Å². The van der Waals surface area contributed by atoms with E-state index in [9.17, 15) is 0 Å². The molecule has 2 aromatic carbocycles. The van der Waals surface area contributed by atoms with Gasteiger partial charge in [-0.25, -0.2) is 5.43 Å². The molecule has 0 amide bonds. The molecular formula is C24H31N7. The van der Waals surface area contributed by atoms with Crippen LogP contribution in [0.4, 0.5) is 17.8 Å². The summed E-state index contributed by atoms with van der Waals surface area (Å²) in [5, 5.41) is 7.61. The van der Waals surface area contributed by atoms with Crippen molar-refractivity contribution in [2.24, 2.45) is 5.10 Å². The molecular weight excluding hydrogens is 386 g/mol. The van der Waals surface area contributed by atoms with E-state index in [0.29, 0.717) is 30.3 Å².